The average Bonchev–Trinajstić information content (AvgIpc) is 2.83. The van der Waals surface area contributed by atoms with Crippen LogP contribution < -0.4 is 9.47 Å². The van der Waals surface area contributed by atoms with E-state index in [0.29, 0.717) is 25.2 Å². The van der Waals surface area contributed by atoms with Gasteiger partial charge in [0.25, 0.3) is 11.8 Å². The second-order valence-electron chi connectivity index (χ2n) is 7.47. The van der Waals surface area contributed by atoms with E-state index < -0.39 is 12.1 Å². The van der Waals surface area contributed by atoms with E-state index >= 15 is 0 Å². The Labute approximate surface area is 186 Å². The topological polar surface area (TPSA) is 98.3 Å². The molecule has 0 bridgehead atoms. The van der Waals surface area contributed by atoms with Crippen molar-refractivity contribution < 1.29 is 28.6 Å². The Kier molecular flexibility index (Phi) is 7.29. The number of pyridine rings is 1. The summed E-state index contributed by atoms with van der Waals surface area (Å²) in [7, 11) is 2.69. The van der Waals surface area contributed by atoms with Gasteiger partial charge in [-0.05, 0) is 26.0 Å². The number of hydrogen-bond donors (Lipinski definition) is 0. The number of carbonyl (C=O) groups excluding carboxylic acids is 3. The molecule has 1 aromatic heterocycles. The summed E-state index contributed by atoms with van der Waals surface area (Å²) in [6.45, 7) is 4.83. The zero-order valence-corrected chi connectivity index (χ0v) is 18.6. The van der Waals surface area contributed by atoms with Gasteiger partial charge in [-0.3, -0.25) is 9.59 Å². The van der Waals surface area contributed by atoms with Crippen LogP contribution in [-0.2, 0) is 9.53 Å². The Hall–Kier alpha value is -3.62. The number of piperazine rings is 1. The van der Waals surface area contributed by atoms with Gasteiger partial charge in [0.1, 0.15) is 0 Å². The maximum Gasteiger partial charge on any atom is 0.356 e. The molecule has 1 saturated heterocycles. The van der Waals surface area contributed by atoms with Crippen molar-refractivity contribution in [3.8, 4) is 11.5 Å². The zero-order chi connectivity index (χ0) is 23.3. The number of hydrogen-bond acceptors (Lipinski definition) is 7. The number of esters is 1. The molecule has 0 N–H and O–H groups in total. The third kappa shape index (κ3) is 4.99. The van der Waals surface area contributed by atoms with Gasteiger partial charge >= 0.3 is 5.97 Å². The zero-order valence-electron chi connectivity index (χ0n) is 18.6. The molecular weight excluding hydrogens is 414 g/mol. The minimum atomic E-state index is -0.812. The van der Waals surface area contributed by atoms with Gasteiger partial charge in [0.15, 0.2) is 23.3 Å². The molecule has 3 rings (SSSR count). The Morgan fingerprint density at radius 1 is 1.09 bits per heavy atom. The predicted octanol–water partition coefficient (Wildman–Crippen LogP) is 2.02. The van der Waals surface area contributed by atoms with Crippen molar-refractivity contribution in [2.24, 2.45) is 0 Å². The van der Waals surface area contributed by atoms with Gasteiger partial charge in [0.05, 0.1) is 20.4 Å². The fourth-order valence-electron chi connectivity index (χ4n) is 3.60. The Bertz CT molecular complexity index is 981. The standard InChI is InChI=1S/C23H27N3O6/c1-15-14-25(22(28)17-8-6-5-7-9-17)10-11-26(15)21(27)16(2)32-20-13-24-18(23(29)31-4)12-19(20)30-3/h5-9,12-13,15-16H,10-11,14H2,1-4H3/t15-,16+/m1/s1. The number of nitrogens with zero attached hydrogens (tertiary/aromatic N) is 3. The molecule has 1 fully saturated rings. The first-order chi connectivity index (χ1) is 15.3. The first-order valence-electron chi connectivity index (χ1n) is 10.3. The summed E-state index contributed by atoms with van der Waals surface area (Å²) in [4.78, 5) is 44.9. The van der Waals surface area contributed by atoms with Crippen LogP contribution in [0.2, 0.25) is 0 Å². The van der Waals surface area contributed by atoms with Crippen LogP contribution in [0.4, 0.5) is 0 Å². The first kappa shape index (κ1) is 23.1. The quantitative estimate of drug-likeness (QED) is 0.633. The lowest BCUT2D eigenvalue weighted by Gasteiger charge is -2.40. The summed E-state index contributed by atoms with van der Waals surface area (Å²) >= 11 is 0. The fraction of sp³-hybridized carbons (Fsp3) is 0.391. The van der Waals surface area contributed by atoms with E-state index in [2.05, 4.69) is 9.72 Å². The SMILES string of the molecule is COC(=O)c1cc(OC)c(O[C@@H](C)C(=O)N2CCN(C(=O)c3ccccc3)C[C@H]2C)cn1. The van der Waals surface area contributed by atoms with Gasteiger partial charge < -0.3 is 24.0 Å². The van der Waals surface area contributed by atoms with E-state index in [-0.39, 0.29) is 35.0 Å². The number of benzene rings is 1. The largest absolute Gasteiger partial charge is 0.493 e. The van der Waals surface area contributed by atoms with Crippen molar-refractivity contribution in [3.05, 3.63) is 53.9 Å². The smallest absolute Gasteiger partial charge is 0.356 e. The van der Waals surface area contributed by atoms with E-state index in [1.807, 2.05) is 25.1 Å². The lowest BCUT2D eigenvalue weighted by molar-refractivity contribution is -0.142. The van der Waals surface area contributed by atoms with Crippen LogP contribution in [0.5, 0.6) is 11.5 Å². The molecule has 170 valence electrons. The highest BCUT2D eigenvalue weighted by Crippen LogP contribution is 2.28. The number of carbonyl (C=O) groups is 3. The highest BCUT2D eigenvalue weighted by molar-refractivity contribution is 5.94. The second kappa shape index (κ2) is 10.1. The van der Waals surface area contributed by atoms with Gasteiger partial charge in [-0.15, -0.1) is 0 Å². The molecule has 2 atom stereocenters. The van der Waals surface area contributed by atoms with E-state index in [4.69, 9.17) is 9.47 Å². The molecule has 0 aliphatic carbocycles. The van der Waals surface area contributed by atoms with Crippen molar-refractivity contribution in [3.63, 3.8) is 0 Å². The molecule has 0 unspecified atom stereocenters. The van der Waals surface area contributed by atoms with E-state index in [0.717, 1.165) is 0 Å². The van der Waals surface area contributed by atoms with Crippen LogP contribution in [0.1, 0.15) is 34.7 Å². The predicted molar refractivity (Wildman–Crippen MR) is 116 cm³/mol. The first-order valence-corrected chi connectivity index (χ1v) is 10.3. The molecular formula is C23H27N3O6. The van der Waals surface area contributed by atoms with Crippen LogP contribution >= 0.6 is 0 Å². The molecule has 0 spiro atoms. The fourth-order valence-corrected chi connectivity index (χ4v) is 3.60. The Balaban J connectivity index is 1.64. The highest BCUT2D eigenvalue weighted by Gasteiger charge is 2.33. The normalized spacial score (nSPS) is 16.8. The van der Waals surface area contributed by atoms with Crippen LogP contribution in [0.25, 0.3) is 0 Å². The number of amides is 2. The van der Waals surface area contributed by atoms with Crippen LogP contribution in [0, 0.1) is 0 Å². The molecule has 9 nitrogen and oxygen atoms in total. The van der Waals surface area contributed by atoms with Crippen LogP contribution in [0.15, 0.2) is 42.6 Å². The van der Waals surface area contributed by atoms with Crippen molar-refractivity contribution in [1.82, 2.24) is 14.8 Å². The number of methoxy groups -OCH3 is 2. The summed E-state index contributed by atoms with van der Waals surface area (Å²) in [5.41, 5.74) is 0.703. The Morgan fingerprint density at radius 2 is 1.81 bits per heavy atom. The minimum Gasteiger partial charge on any atom is -0.493 e. The van der Waals surface area contributed by atoms with E-state index in [1.165, 1.54) is 26.5 Å². The van der Waals surface area contributed by atoms with Crippen molar-refractivity contribution in [2.75, 3.05) is 33.9 Å². The van der Waals surface area contributed by atoms with E-state index in [9.17, 15) is 14.4 Å². The summed E-state index contributed by atoms with van der Waals surface area (Å²) in [5, 5.41) is 0. The molecule has 1 aliphatic heterocycles. The molecule has 0 radical (unpaired) electrons. The highest BCUT2D eigenvalue weighted by atomic mass is 16.5. The summed E-state index contributed by atoms with van der Waals surface area (Å²) in [6.07, 6.45) is 0.517. The molecule has 1 aliphatic rings. The van der Waals surface area contributed by atoms with Crippen molar-refractivity contribution in [1.29, 1.82) is 0 Å². The van der Waals surface area contributed by atoms with Crippen molar-refractivity contribution >= 4 is 17.8 Å². The van der Waals surface area contributed by atoms with Crippen molar-refractivity contribution in [2.45, 2.75) is 26.0 Å². The number of ether oxygens (including phenoxy) is 3. The molecule has 32 heavy (non-hydrogen) atoms. The lowest BCUT2D eigenvalue weighted by Crippen LogP contribution is -2.57. The van der Waals surface area contributed by atoms with E-state index in [1.54, 1.807) is 28.9 Å². The van der Waals surface area contributed by atoms with Gasteiger partial charge in [-0.1, -0.05) is 18.2 Å². The van der Waals surface area contributed by atoms with Crippen LogP contribution in [0.3, 0.4) is 0 Å². The average molecular weight is 441 g/mol. The second-order valence-corrected chi connectivity index (χ2v) is 7.47. The number of rotatable bonds is 6. The van der Waals surface area contributed by atoms with Gasteiger partial charge in [0, 0.05) is 37.3 Å². The van der Waals surface area contributed by atoms with Gasteiger partial charge in [-0.25, -0.2) is 9.78 Å². The minimum absolute atomic E-state index is 0.0460. The van der Waals surface area contributed by atoms with Gasteiger partial charge in [0.2, 0.25) is 0 Å². The van der Waals surface area contributed by atoms with Gasteiger partial charge in [-0.2, -0.15) is 0 Å². The molecule has 2 amide bonds. The molecule has 2 heterocycles. The summed E-state index contributed by atoms with van der Waals surface area (Å²) in [5.74, 6) is -0.340. The Morgan fingerprint density at radius 3 is 2.44 bits per heavy atom. The number of aromatic nitrogens is 1. The monoisotopic (exact) mass is 441 g/mol. The summed E-state index contributed by atoms with van der Waals surface area (Å²) in [6, 6.07) is 10.3. The molecule has 1 aromatic carbocycles. The summed E-state index contributed by atoms with van der Waals surface area (Å²) < 4.78 is 15.7. The third-order valence-electron chi connectivity index (χ3n) is 5.32. The third-order valence-corrected chi connectivity index (χ3v) is 5.32. The molecule has 0 saturated carbocycles. The van der Waals surface area contributed by atoms with Crippen LogP contribution in [-0.4, -0.2) is 78.6 Å². The molecule has 2 aromatic rings. The lowest BCUT2D eigenvalue weighted by atomic mass is 10.1. The molecule has 9 heteroatoms. The maximum atomic E-state index is 13.0. The maximum absolute atomic E-state index is 13.0.